The van der Waals surface area contributed by atoms with Gasteiger partial charge in [0.2, 0.25) is 0 Å². The fourth-order valence-corrected chi connectivity index (χ4v) is 1.50. The van der Waals surface area contributed by atoms with E-state index in [0.29, 0.717) is 6.54 Å². The molecule has 0 radical (unpaired) electrons. The van der Waals surface area contributed by atoms with Crippen LogP contribution in [0.4, 0.5) is 0 Å². The van der Waals surface area contributed by atoms with Crippen LogP contribution in [0.3, 0.4) is 0 Å². The molecule has 0 fully saturated rings. The normalized spacial score (nSPS) is 11.8. The van der Waals surface area contributed by atoms with Crippen molar-refractivity contribution < 1.29 is 9.94 Å². The van der Waals surface area contributed by atoms with E-state index in [4.69, 9.17) is 15.7 Å². The molecule has 0 heterocycles. The summed E-state index contributed by atoms with van der Waals surface area (Å²) in [7, 11) is 3.58. The topological polar surface area (TPSA) is 71.1 Å². The first-order chi connectivity index (χ1) is 8.15. The molecule has 17 heavy (non-hydrogen) atoms. The zero-order valence-corrected chi connectivity index (χ0v) is 10.3. The summed E-state index contributed by atoms with van der Waals surface area (Å²) in [6.45, 7) is 1.31. The third kappa shape index (κ3) is 4.74. The van der Waals surface area contributed by atoms with Gasteiger partial charge in [-0.25, -0.2) is 0 Å². The van der Waals surface area contributed by atoms with Crippen LogP contribution in [0.25, 0.3) is 0 Å². The van der Waals surface area contributed by atoms with Crippen molar-refractivity contribution in [1.82, 2.24) is 4.90 Å². The van der Waals surface area contributed by atoms with Gasteiger partial charge in [-0.1, -0.05) is 17.3 Å². The van der Waals surface area contributed by atoms with E-state index < -0.39 is 0 Å². The van der Waals surface area contributed by atoms with Gasteiger partial charge in [0, 0.05) is 6.54 Å². The van der Waals surface area contributed by atoms with Crippen LogP contribution in [0.1, 0.15) is 5.56 Å². The number of methoxy groups -OCH3 is 1. The van der Waals surface area contributed by atoms with E-state index in [0.717, 1.165) is 18.7 Å². The van der Waals surface area contributed by atoms with E-state index in [-0.39, 0.29) is 5.84 Å². The molecule has 0 aliphatic carbocycles. The molecule has 0 atom stereocenters. The minimum Gasteiger partial charge on any atom is -0.497 e. The Morgan fingerprint density at radius 1 is 1.41 bits per heavy atom. The average molecular weight is 237 g/mol. The molecule has 1 aromatic carbocycles. The van der Waals surface area contributed by atoms with Crippen LogP contribution in [-0.2, 0) is 6.42 Å². The van der Waals surface area contributed by atoms with Crippen molar-refractivity contribution >= 4 is 5.84 Å². The molecule has 3 N–H and O–H groups in total. The lowest BCUT2D eigenvalue weighted by Crippen LogP contribution is -2.32. The minimum atomic E-state index is 0.224. The molecule has 1 aromatic rings. The van der Waals surface area contributed by atoms with Crippen LogP contribution in [0.15, 0.2) is 29.4 Å². The second-order valence-electron chi connectivity index (χ2n) is 3.93. The van der Waals surface area contributed by atoms with Crippen molar-refractivity contribution in [3.05, 3.63) is 29.8 Å². The molecule has 0 unspecified atom stereocenters. The molecule has 0 aromatic heterocycles. The number of amidine groups is 1. The van der Waals surface area contributed by atoms with Crippen molar-refractivity contribution in [2.75, 3.05) is 27.2 Å². The molecule has 0 spiro atoms. The highest BCUT2D eigenvalue weighted by Gasteiger charge is 2.02. The summed E-state index contributed by atoms with van der Waals surface area (Å²) < 4.78 is 5.09. The van der Waals surface area contributed by atoms with Crippen LogP contribution < -0.4 is 10.5 Å². The van der Waals surface area contributed by atoms with Gasteiger partial charge < -0.3 is 15.7 Å². The lowest BCUT2D eigenvalue weighted by atomic mass is 10.1. The molecule has 0 bridgehead atoms. The Labute approximate surface area is 101 Å². The fourth-order valence-electron chi connectivity index (χ4n) is 1.50. The predicted molar refractivity (Wildman–Crippen MR) is 67.6 cm³/mol. The van der Waals surface area contributed by atoms with Crippen LogP contribution in [0, 0.1) is 0 Å². The smallest absolute Gasteiger partial charge is 0.153 e. The maximum atomic E-state index is 8.45. The van der Waals surface area contributed by atoms with E-state index in [1.165, 1.54) is 5.56 Å². The zero-order valence-electron chi connectivity index (χ0n) is 10.3. The molecule has 5 heteroatoms. The number of hydrogen-bond donors (Lipinski definition) is 2. The molecule has 0 amide bonds. The Hall–Kier alpha value is -1.75. The molecule has 94 valence electrons. The number of oxime groups is 1. The van der Waals surface area contributed by atoms with Gasteiger partial charge in [-0.15, -0.1) is 0 Å². The number of likely N-dealkylation sites (N-methyl/N-ethyl adjacent to an activating group) is 1. The van der Waals surface area contributed by atoms with E-state index >= 15 is 0 Å². The molecule has 0 saturated carbocycles. The number of hydrogen-bond acceptors (Lipinski definition) is 4. The van der Waals surface area contributed by atoms with E-state index in [9.17, 15) is 0 Å². The van der Waals surface area contributed by atoms with Gasteiger partial charge in [0.25, 0.3) is 0 Å². The standard InChI is InChI=1S/C12H19N3O2/c1-15(9-12(13)14-16)8-7-10-3-5-11(17-2)6-4-10/h3-6,16H,7-9H2,1-2H3,(H2,13,14). The van der Waals surface area contributed by atoms with Gasteiger partial charge in [0.05, 0.1) is 13.7 Å². The first-order valence-electron chi connectivity index (χ1n) is 5.43. The molecule has 0 aliphatic rings. The largest absolute Gasteiger partial charge is 0.497 e. The summed E-state index contributed by atoms with van der Waals surface area (Å²) in [5, 5.41) is 11.4. The van der Waals surface area contributed by atoms with Crippen molar-refractivity contribution in [3.8, 4) is 5.75 Å². The van der Waals surface area contributed by atoms with E-state index in [1.807, 2.05) is 36.2 Å². The second-order valence-corrected chi connectivity index (χ2v) is 3.93. The van der Waals surface area contributed by atoms with Gasteiger partial charge >= 0.3 is 0 Å². The Kier molecular flexibility index (Phi) is 5.29. The summed E-state index contributed by atoms with van der Waals surface area (Å²) in [5.41, 5.74) is 6.66. The monoisotopic (exact) mass is 237 g/mol. The highest BCUT2D eigenvalue weighted by molar-refractivity contribution is 5.81. The molecular weight excluding hydrogens is 218 g/mol. The van der Waals surface area contributed by atoms with E-state index in [1.54, 1.807) is 7.11 Å². The number of nitrogens with zero attached hydrogens (tertiary/aromatic N) is 2. The molecule has 0 saturated heterocycles. The summed E-state index contributed by atoms with van der Waals surface area (Å²) >= 11 is 0. The third-order valence-corrected chi connectivity index (χ3v) is 2.50. The van der Waals surface area contributed by atoms with Crippen molar-refractivity contribution in [1.29, 1.82) is 0 Å². The first-order valence-corrected chi connectivity index (χ1v) is 5.43. The minimum absolute atomic E-state index is 0.224. The van der Waals surface area contributed by atoms with Crippen LogP contribution in [0.2, 0.25) is 0 Å². The molecule has 0 aliphatic heterocycles. The van der Waals surface area contributed by atoms with E-state index in [2.05, 4.69) is 5.16 Å². The highest BCUT2D eigenvalue weighted by Crippen LogP contribution is 2.11. The summed E-state index contributed by atoms with van der Waals surface area (Å²) in [6.07, 6.45) is 0.916. The second kappa shape index (κ2) is 6.75. The molecular formula is C12H19N3O2. The lowest BCUT2D eigenvalue weighted by Gasteiger charge is -2.15. The maximum absolute atomic E-state index is 8.45. The van der Waals surface area contributed by atoms with Crippen LogP contribution in [0.5, 0.6) is 5.75 Å². The first kappa shape index (κ1) is 13.3. The average Bonchev–Trinajstić information content (AvgIpc) is 2.36. The number of nitrogens with two attached hydrogens (primary N) is 1. The van der Waals surface area contributed by atoms with Gasteiger partial charge in [0.15, 0.2) is 5.84 Å². The SMILES string of the molecule is COc1ccc(CCN(C)CC(N)=NO)cc1. The zero-order chi connectivity index (χ0) is 12.7. The Bertz CT molecular complexity index is 363. The van der Waals surface area contributed by atoms with Gasteiger partial charge in [-0.05, 0) is 31.2 Å². The van der Waals surface area contributed by atoms with Gasteiger partial charge in [-0.3, -0.25) is 4.90 Å². The Morgan fingerprint density at radius 2 is 2.06 bits per heavy atom. The van der Waals surface area contributed by atoms with Crippen LogP contribution >= 0.6 is 0 Å². The van der Waals surface area contributed by atoms with Gasteiger partial charge in [0.1, 0.15) is 5.75 Å². The van der Waals surface area contributed by atoms with Gasteiger partial charge in [-0.2, -0.15) is 0 Å². The molecule has 5 nitrogen and oxygen atoms in total. The number of rotatable bonds is 6. The Balaban J connectivity index is 2.39. The van der Waals surface area contributed by atoms with Crippen molar-refractivity contribution in [2.45, 2.75) is 6.42 Å². The van der Waals surface area contributed by atoms with Crippen molar-refractivity contribution in [2.24, 2.45) is 10.9 Å². The summed E-state index contributed by atoms with van der Waals surface area (Å²) in [5.74, 6) is 1.08. The van der Waals surface area contributed by atoms with Crippen molar-refractivity contribution in [3.63, 3.8) is 0 Å². The number of ether oxygens (including phenoxy) is 1. The third-order valence-electron chi connectivity index (χ3n) is 2.50. The summed E-state index contributed by atoms with van der Waals surface area (Å²) in [4.78, 5) is 2.00. The summed E-state index contributed by atoms with van der Waals surface area (Å²) in [6, 6.07) is 7.96. The number of benzene rings is 1. The quantitative estimate of drug-likeness (QED) is 0.334. The predicted octanol–water partition coefficient (Wildman–Crippen LogP) is 0.916. The lowest BCUT2D eigenvalue weighted by molar-refractivity contribution is 0.310. The fraction of sp³-hybridized carbons (Fsp3) is 0.417. The Morgan fingerprint density at radius 3 is 2.59 bits per heavy atom. The highest BCUT2D eigenvalue weighted by atomic mass is 16.5. The van der Waals surface area contributed by atoms with Crippen LogP contribution in [-0.4, -0.2) is 43.2 Å². The molecule has 1 rings (SSSR count). The maximum Gasteiger partial charge on any atom is 0.153 e.